The first-order valence-electron chi connectivity index (χ1n) is 9.63. The number of benzene rings is 1. The van der Waals surface area contributed by atoms with E-state index in [9.17, 15) is 9.59 Å². The van der Waals surface area contributed by atoms with E-state index in [4.69, 9.17) is 4.74 Å². The van der Waals surface area contributed by atoms with Crippen molar-refractivity contribution in [3.63, 3.8) is 0 Å². The summed E-state index contributed by atoms with van der Waals surface area (Å²) in [6.07, 6.45) is 6.02. The zero-order chi connectivity index (χ0) is 18.4. The van der Waals surface area contributed by atoms with Crippen LogP contribution < -0.4 is 10.6 Å². The van der Waals surface area contributed by atoms with Crippen LogP contribution in [0, 0.1) is 5.92 Å². The molecule has 1 saturated carbocycles. The summed E-state index contributed by atoms with van der Waals surface area (Å²) in [5.74, 6) is 0.563. The molecule has 0 aromatic heterocycles. The number of ether oxygens (including phenoxy) is 1. The summed E-state index contributed by atoms with van der Waals surface area (Å²) < 4.78 is 6.06. The van der Waals surface area contributed by atoms with E-state index in [1.807, 2.05) is 24.3 Å². The number of anilines is 1. The second kappa shape index (κ2) is 9.03. The van der Waals surface area contributed by atoms with Gasteiger partial charge < -0.3 is 20.3 Å². The third kappa shape index (κ3) is 5.46. The number of carbonyl (C=O) groups is 2. The molecule has 1 aromatic rings. The van der Waals surface area contributed by atoms with E-state index in [0.717, 1.165) is 36.4 Å². The second-order valence-electron chi connectivity index (χ2n) is 7.46. The highest BCUT2D eigenvalue weighted by Crippen LogP contribution is 2.26. The number of nitrogens with one attached hydrogen (secondary N) is 2. The summed E-state index contributed by atoms with van der Waals surface area (Å²) in [7, 11) is 0. The van der Waals surface area contributed by atoms with Crippen molar-refractivity contribution >= 4 is 17.6 Å². The average Bonchev–Trinajstić information content (AvgIpc) is 2.62. The van der Waals surface area contributed by atoms with E-state index >= 15 is 0 Å². The molecule has 2 fully saturated rings. The third-order valence-electron chi connectivity index (χ3n) is 5.09. The Kier molecular flexibility index (Phi) is 6.50. The van der Waals surface area contributed by atoms with Crippen molar-refractivity contribution in [2.24, 2.45) is 5.92 Å². The zero-order valence-electron chi connectivity index (χ0n) is 15.5. The topological polar surface area (TPSA) is 70.7 Å². The standard InChI is InChI=1S/C20H29N3O3/c1-15-5-2-8-18(11-15)26-14-16-6-3-7-17(12-16)22-19(24)13-23-10-4-9-21-20(23)25/h3,6-7,12,15,18H,2,4-5,8-11,13-14H2,1H3,(H,21,25)(H,22,24). The van der Waals surface area contributed by atoms with Gasteiger partial charge in [0.1, 0.15) is 6.54 Å². The number of hydrogen-bond donors (Lipinski definition) is 2. The zero-order valence-corrected chi connectivity index (χ0v) is 15.5. The van der Waals surface area contributed by atoms with E-state index < -0.39 is 0 Å². The predicted octanol–water partition coefficient (Wildman–Crippen LogP) is 3.14. The summed E-state index contributed by atoms with van der Waals surface area (Å²) in [6.45, 7) is 4.22. The molecular weight excluding hydrogens is 330 g/mol. The maximum atomic E-state index is 12.2. The molecule has 3 amide bonds. The van der Waals surface area contributed by atoms with Crippen molar-refractivity contribution in [3.8, 4) is 0 Å². The van der Waals surface area contributed by atoms with E-state index in [2.05, 4.69) is 17.6 Å². The molecular formula is C20H29N3O3. The molecule has 0 radical (unpaired) electrons. The lowest BCUT2D eigenvalue weighted by Gasteiger charge is -2.27. The average molecular weight is 359 g/mol. The minimum Gasteiger partial charge on any atom is -0.374 e. The van der Waals surface area contributed by atoms with E-state index in [0.29, 0.717) is 25.8 Å². The summed E-state index contributed by atoms with van der Waals surface area (Å²) in [5, 5.41) is 5.63. The van der Waals surface area contributed by atoms with Crippen LogP contribution in [0.25, 0.3) is 0 Å². The van der Waals surface area contributed by atoms with Crippen LogP contribution in [-0.2, 0) is 16.1 Å². The molecule has 1 aromatic carbocycles. The Labute approximate surface area is 155 Å². The van der Waals surface area contributed by atoms with Gasteiger partial charge in [0, 0.05) is 18.8 Å². The maximum absolute atomic E-state index is 12.2. The molecule has 0 bridgehead atoms. The van der Waals surface area contributed by atoms with Crippen LogP contribution in [0.1, 0.15) is 44.6 Å². The molecule has 2 aliphatic rings. The lowest BCUT2D eigenvalue weighted by molar-refractivity contribution is -0.116. The summed E-state index contributed by atoms with van der Waals surface area (Å²) in [6, 6.07) is 7.57. The van der Waals surface area contributed by atoms with Crippen LogP contribution in [0.15, 0.2) is 24.3 Å². The fraction of sp³-hybridized carbons (Fsp3) is 0.600. The van der Waals surface area contributed by atoms with Crippen molar-refractivity contribution in [1.29, 1.82) is 0 Å². The quantitative estimate of drug-likeness (QED) is 0.820. The fourth-order valence-corrected chi connectivity index (χ4v) is 3.69. The van der Waals surface area contributed by atoms with Gasteiger partial charge in [-0.3, -0.25) is 4.79 Å². The normalized spacial score (nSPS) is 23.4. The minimum absolute atomic E-state index is 0.0759. The predicted molar refractivity (Wildman–Crippen MR) is 101 cm³/mol. The van der Waals surface area contributed by atoms with Gasteiger partial charge in [0.2, 0.25) is 5.91 Å². The maximum Gasteiger partial charge on any atom is 0.317 e. The highest BCUT2D eigenvalue weighted by atomic mass is 16.5. The monoisotopic (exact) mass is 359 g/mol. The van der Waals surface area contributed by atoms with Crippen LogP contribution >= 0.6 is 0 Å². The molecule has 2 N–H and O–H groups in total. The van der Waals surface area contributed by atoms with E-state index in [-0.39, 0.29) is 18.5 Å². The Morgan fingerprint density at radius 1 is 1.35 bits per heavy atom. The van der Waals surface area contributed by atoms with Crippen molar-refractivity contribution < 1.29 is 14.3 Å². The van der Waals surface area contributed by atoms with Gasteiger partial charge >= 0.3 is 6.03 Å². The molecule has 1 saturated heterocycles. The summed E-state index contributed by atoms with van der Waals surface area (Å²) >= 11 is 0. The number of nitrogens with zero attached hydrogens (tertiary/aromatic N) is 1. The Bertz CT molecular complexity index is 634. The van der Waals surface area contributed by atoms with Crippen LogP contribution in [0.4, 0.5) is 10.5 Å². The van der Waals surface area contributed by atoms with E-state index in [1.165, 1.54) is 17.7 Å². The molecule has 6 heteroatoms. The molecule has 26 heavy (non-hydrogen) atoms. The smallest absolute Gasteiger partial charge is 0.317 e. The molecule has 142 valence electrons. The van der Waals surface area contributed by atoms with Gasteiger partial charge in [-0.25, -0.2) is 4.79 Å². The van der Waals surface area contributed by atoms with Crippen LogP contribution in [0.2, 0.25) is 0 Å². The van der Waals surface area contributed by atoms with Gasteiger partial charge in [0.25, 0.3) is 0 Å². The van der Waals surface area contributed by atoms with Crippen molar-refractivity contribution in [2.75, 3.05) is 25.0 Å². The van der Waals surface area contributed by atoms with Gasteiger partial charge in [-0.05, 0) is 42.9 Å². The lowest BCUT2D eigenvalue weighted by Crippen LogP contribution is -2.49. The molecule has 0 spiro atoms. The molecule has 2 unspecified atom stereocenters. The van der Waals surface area contributed by atoms with Crippen LogP contribution in [0.3, 0.4) is 0 Å². The Morgan fingerprint density at radius 3 is 3.04 bits per heavy atom. The van der Waals surface area contributed by atoms with Crippen LogP contribution in [0.5, 0.6) is 0 Å². The number of hydrogen-bond acceptors (Lipinski definition) is 3. The number of amides is 3. The van der Waals surface area contributed by atoms with Gasteiger partial charge in [-0.2, -0.15) is 0 Å². The van der Waals surface area contributed by atoms with Gasteiger partial charge in [-0.1, -0.05) is 31.9 Å². The van der Waals surface area contributed by atoms with Crippen LogP contribution in [-0.4, -0.2) is 42.6 Å². The van der Waals surface area contributed by atoms with Gasteiger partial charge in [0.15, 0.2) is 0 Å². The molecule has 6 nitrogen and oxygen atoms in total. The molecule has 1 heterocycles. The van der Waals surface area contributed by atoms with Crippen molar-refractivity contribution in [1.82, 2.24) is 10.2 Å². The summed E-state index contributed by atoms with van der Waals surface area (Å²) in [5.41, 5.74) is 1.79. The fourth-order valence-electron chi connectivity index (χ4n) is 3.69. The largest absolute Gasteiger partial charge is 0.374 e. The van der Waals surface area contributed by atoms with Gasteiger partial charge in [-0.15, -0.1) is 0 Å². The number of rotatable bonds is 6. The first-order chi connectivity index (χ1) is 12.6. The summed E-state index contributed by atoms with van der Waals surface area (Å²) in [4.78, 5) is 25.5. The molecule has 1 aliphatic heterocycles. The number of carbonyl (C=O) groups excluding carboxylic acids is 2. The Balaban J connectivity index is 1.48. The number of urea groups is 1. The van der Waals surface area contributed by atoms with E-state index in [1.54, 1.807) is 0 Å². The Morgan fingerprint density at radius 2 is 2.23 bits per heavy atom. The first-order valence-corrected chi connectivity index (χ1v) is 9.63. The first kappa shape index (κ1) is 18.7. The SMILES string of the molecule is CC1CCCC(OCc2cccc(NC(=O)CN3CCCNC3=O)c2)C1. The minimum atomic E-state index is -0.179. The van der Waals surface area contributed by atoms with Crippen molar-refractivity contribution in [2.45, 2.75) is 51.7 Å². The second-order valence-corrected chi connectivity index (χ2v) is 7.46. The van der Waals surface area contributed by atoms with Gasteiger partial charge in [0.05, 0.1) is 12.7 Å². The molecule has 2 atom stereocenters. The highest BCUT2D eigenvalue weighted by Gasteiger charge is 2.21. The van der Waals surface area contributed by atoms with Crippen molar-refractivity contribution in [3.05, 3.63) is 29.8 Å². The highest BCUT2D eigenvalue weighted by molar-refractivity contribution is 5.94. The Hall–Kier alpha value is -2.08. The lowest BCUT2D eigenvalue weighted by atomic mass is 9.89. The molecule has 1 aliphatic carbocycles. The molecule has 3 rings (SSSR count). The third-order valence-corrected chi connectivity index (χ3v) is 5.09.